The average Bonchev–Trinajstić information content (AvgIpc) is 2.72. The van der Waals surface area contributed by atoms with E-state index in [1.807, 2.05) is 13.0 Å². The Morgan fingerprint density at radius 2 is 1.87 bits per heavy atom. The van der Waals surface area contributed by atoms with Crippen LogP contribution in [0.25, 0.3) is 33.4 Å². The Morgan fingerprint density at radius 1 is 1.07 bits per heavy atom. The van der Waals surface area contributed by atoms with Gasteiger partial charge in [-0.15, -0.1) is 0 Å². The van der Waals surface area contributed by atoms with E-state index in [1.165, 1.54) is 12.1 Å². The van der Waals surface area contributed by atoms with Crippen LogP contribution in [0.15, 0.2) is 47.3 Å². The Kier molecular flexibility index (Phi) is 4.72. The summed E-state index contributed by atoms with van der Waals surface area (Å²) >= 11 is 0. The van der Waals surface area contributed by atoms with Gasteiger partial charge in [-0.1, -0.05) is 0 Å². The minimum Gasteiger partial charge on any atom is -0.373 e. The molecule has 0 unspecified atom stereocenters. The van der Waals surface area contributed by atoms with Gasteiger partial charge in [-0.25, -0.2) is 18.7 Å². The summed E-state index contributed by atoms with van der Waals surface area (Å²) in [6, 6.07) is 12.1. The van der Waals surface area contributed by atoms with Gasteiger partial charge < -0.3 is 10.3 Å². The number of aromatic amines is 1. The Labute approximate surface area is 169 Å². The smallest absolute Gasteiger partial charge is 0.249 e. The molecule has 4 aromatic rings. The Balaban J connectivity index is 2.11. The number of rotatable bonds is 3. The zero-order valence-corrected chi connectivity index (χ0v) is 16.0. The van der Waals surface area contributed by atoms with E-state index in [9.17, 15) is 9.18 Å². The van der Waals surface area contributed by atoms with Gasteiger partial charge in [-0.2, -0.15) is 5.26 Å². The molecule has 0 spiro atoms. The quantitative estimate of drug-likeness (QED) is 0.536. The van der Waals surface area contributed by atoms with Crippen molar-refractivity contribution in [3.63, 3.8) is 0 Å². The summed E-state index contributed by atoms with van der Waals surface area (Å²) in [7, 11) is 1.73. The number of benzene rings is 1. The van der Waals surface area contributed by atoms with Crippen molar-refractivity contribution in [1.29, 1.82) is 5.26 Å². The highest BCUT2D eigenvalue weighted by Crippen LogP contribution is 2.36. The topological polar surface area (TPSA) is 94.5 Å². The lowest BCUT2D eigenvalue weighted by atomic mass is 9.96. The van der Waals surface area contributed by atoms with Crippen LogP contribution in [0.4, 0.5) is 14.6 Å². The lowest BCUT2D eigenvalue weighted by Crippen LogP contribution is -2.05. The van der Waals surface area contributed by atoms with Crippen molar-refractivity contribution in [3.05, 3.63) is 75.7 Å². The molecular formula is C22H15F2N5O. The summed E-state index contributed by atoms with van der Waals surface area (Å²) in [5, 5.41) is 12.8. The largest absolute Gasteiger partial charge is 0.373 e. The van der Waals surface area contributed by atoms with E-state index < -0.39 is 17.2 Å². The van der Waals surface area contributed by atoms with Crippen molar-refractivity contribution < 1.29 is 8.78 Å². The van der Waals surface area contributed by atoms with Gasteiger partial charge in [0.1, 0.15) is 28.9 Å². The third-order valence-corrected chi connectivity index (χ3v) is 4.69. The van der Waals surface area contributed by atoms with E-state index in [0.717, 1.165) is 11.8 Å². The minimum absolute atomic E-state index is 0.0463. The first-order valence-corrected chi connectivity index (χ1v) is 9.00. The molecule has 0 atom stereocenters. The predicted octanol–water partition coefficient (Wildman–Crippen LogP) is 4.15. The van der Waals surface area contributed by atoms with Crippen LogP contribution >= 0.6 is 0 Å². The first-order valence-electron chi connectivity index (χ1n) is 9.00. The maximum atomic E-state index is 15.0. The normalized spacial score (nSPS) is 10.8. The number of nitrogens with zero attached hydrogens (tertiary/aromatic N) is 3. The molecule has 0 radical (unpaired) electrons. The molecule has 3 heterocycles. The minimum atomic E-state index is -1.01. The molecule has 30 heavy (non-hydrogen) atoms. The maximum Gasteiger partial charge on any atom is 0.249 e. The second-order valence-electron chi connectivity index (χ2n) is 6.67. The molecule has 0 aliphatic carbocycles. The molecule has 0 amide bonds. The van der Waals surface area contributed by atoms with E-state index in [4.69, 9.17) is 5.26 Å². The van der Waals surface area contributed by atoms with Crippen molar-refractivity contribution in [2.45, 2.75) is 6.92 Å². The van der Waals surface area contributed by atoms with E-state index in [1.54, 1.807) is 31.3 Å². The summed E-state index contributed by atoms with van der Waals surface area (Å²) in [6.07, 6.45) is 0. The van der Waals surface area contributed by atoms with Crippen LogP contribution in [-0.4, -0.2) is 22.0 Å². The molecule has 0 saturated carbocycles. The molecule has 148 valence electrons. The van der Waals surface area contributed by atoms with E-state index in [0.29, 0.717) is 22.3 Å². The van der Waals surface area contributed by atoms with Gasteiger partial charge >= 0.3 is 0 Å². The third kappa shape index (κ3) is 3.26. The lowest BCUT2D eigenvalue weighted by Gasteiger charge is -2.14. The first-order chi connectivity index (χ1) is 14.4. The molecule has 0 saturated heterocycles. The van der Waals surface area contributed by atoms with Crippen LogP contribution in [0.1, 0.15) is 11.3 Å². The van der Waals surface area contributed by atoms with Crippen LogP contribution in [0.2, 0.25) is 0 Å². The van der Waals surface area contributed by atoms with Gasteiger partial charge in [0.2, 0.25) is 5.56 Å². The molecule has 0 bridgehead atoms. The number of nitriles is 1. The van der Waals surface area contributed by atoms with Gasteiger partial charge in [-0.05, 0) is 48.9 Å². The molecule has 4 rings (SSSR count). The number of pyridine rings is 3. The number of hydrogen-bond donors (Lipinski definition) is 2. The number of fused-ring (bicyclic) bond motifs is 1. The number of aryl methyl sites for hydroxylation is 1. The molecular weight excluding hydrogens is 388 g/mol. The Bertz CT molecular complexity index is 1410. The number of anilines is 1. The second kappa shape index (κ2) is 7.37. The molecule has 3 aromatic heterocycles. The molecule has 0 aliphatic rings. The maximum absolute atomic E-state index is 15.0. The third-order valence-electron chi connectivity index (χ3n) is 4.69. The highest BCUT2D eigenvalue weighted by Gasteiger charge is 2.20. The summed E-state index contributed by atoms with van der Waals surface area (Å²) in [4.78, 5) is 23.2. The van der Waals surface area contributed by atoms with Crippen LogP contribution in [0.5, 0.6) is 0 Å². The van der Waals surface area contributed by atoms with Gasteiger partial charge in [0, 0.05) is 35.3 Å². The Hall–Kier alpha value is -4.12. The predicted molar refractivity (Wildman–Crippen MR) is 110 cm³/mol. The Morgan fingerprint density at radius 3 is 2.60 bits per heavy atom. The first kappa shape index (κ1) is 19.2. The van der Waals surface area contributed by atoms with Crippen LogP contribution < -0.4 is 10.9 Å². The number of hydrogen-bond acceptors (Lipinski definition) is 5. The molecule has 0 fully saturated rings. The van der Waals surface area contributed by atoms with Crippen molar-refractivity contribution in [2.75, 3.05) is 12.4 Å². The molecule has 1 aromatic carbocycles. The molecule has 2 N–H and O–H groups in total. The number of nitrogens with one attached hydrogen (secondary N) is 2. The van der Waals surface area contributed by atoms with Crippen molar-refractivity contribution in [2.24, 2.45) is 0 Å². The second-order valence-corrected chi connectivity index (χ2v) is 6.67. The fraction of sp³-hybridized carbons (Fsp3) is 0.0909. The number of aromatic nitrogens is 3. The van der Waals surface area contributed by atoms with Crippen LogP contribution in [0, 0.1) is 29.9 Å². The van der Waals surface area contributed by atoms with Crippen molar-refractivity contribution in [3.8, 4) is 28.5 Å². The fourth-order valence-corrected chi connectivity index (χ4v) is 3.30. The van der Waals surface area contributed by atoms with Crippen molar-refractivity contribution >= 4 is 16.9 Å². The number of halogens is 2. The molecule has 8 heteroatoms. The highest BCUT2D eigenvalue weighted by molar-refractivity contribution is 5.91. The number of H-pyrrole nitrogens is 1. The summed E-state index contributed by atoms with van der Waals surface area (Å²) in [5.41, 5.74) is 1.30. The van der Waals surface area contributed by atoms with E-state index in [2.05, 4.69) is 20.3 Å². The van der Waals surface area contributed by atoms with E-state index >= 15 is 4.39 Å². The monoisotopic (exact) mass is 403 g/mol. The molecule has 0 aliphatic heterocycles. The van der Waals surface area contributed by atoms with Gasteiger partial charge in [0.15, 0.2) is 5.82 Å². The summed E-state index contributed by atoms with van der Waals surface area (Å²) in [5.74, 6) is -1.36. The zero-order chi connectivity index (χ0) is 21.4. The van der Waals surface area contributed by atoms with Crippen LogP contribution in [-0.2, 0) is 0 Å². The fourth-order valence-electron chi connectivity index (χ4n) is 3.30. The summed E-state index contributed by atoms with van der Waals surface area (Å²) < 4.78 is 28.9. The lowest BCUT2D eigenvalue weighted by molar-refractivity contribution is 0.579. The summed E-state index contributed by atoms with van der Waals surface area (Å²) in [6.45, 7) is 1.82. The zero-order valence-electron chi connectivity index (χ0n) is 16.0. The molecule has 6 nitrogen and oxygen atoms in total. The van der Waals surface area contributed by atoms with E-state index in [-0.39, 0.29) is 22.5 Å². The van der Waals surface area contributed by atoms with Gasteiger partial charge in [-0.3, -0.25) is 4.79 Å². The standard InChI is InChI=1S/C22H15F2N5O/c1-11-7-13(9-18(26-2)27-11)15-8-12-3-6-19(30)28-22(12)29-21(15)14-4-5-17(23)16(10-25)20(14)24/h3-9H,1-2H3,(H,26,27)(H,28,29,30). The van der Waals surface area contributed by atoms with Gasteiger partial charge in [0.25, 0.3) is 0 Å². The highest BCUT2D eigenvalue weighted by atomic mass is 19.1. The van der Waals surface area contributed by atoms with Crippen molar-refractivity contribution in [1.82, 2.24) is 15.0 Å². The SMILES string of the molecule is CNc1cc(-c2cc3ccc(=O)[nH]c3nc2-c2ccc(F)c(C#N)c2F)cc(C)n1. The van der Waals surface area contributed by atoms with Gasteiger partial charge in [0.05, 0.1) is 5.69 Å². The van der Waals surface area contributed by atoms with Crippen LogP contribution in [0.3, 0.4) is 0 Å². The average molecular weight is 403 g/mol.